The largest absolute Gasteiger partial charge is 0.342 e. The van der Waals surface area contributed by atoms with E-state index < -0.39 is 16.9 Å². The van der Waals surface area contributed by atoms with Crippen LogP contribution in [0.4, 0.5) is 0 Å². The topological polar surface area (TPSA) is 64.0 Å². The van der Waals surface area contributed by atoms with E-state index >= 15 is 0 Å². The van der Waals surface area contributed by atoms with Crippen molar-refractivity contribution >= 4 is 5.91 Å². The van der Waals surface area contributed by atoms with Gasteiger partial charge in [-0.05, 0) is 38.5 Å². The van der Waals surface area contributed by atoms with Gasteiger partial charge in [-0.1, -0.05) is 48.5 Å². The van der Waals surface area contributed by atoms with Crippen LogP contribution in [0, 0.1) is 6.92 Å². The van der Waals surface area contributed by atoms with Crippen molar-refractivity contribution in [1.29, 1.82) is 0 Å². The Morgan fingerprint density at radius 1 is 1.00 bits per heavy atom. The second kappa shape index (κ2) is 6.96. The van der Waals surface area contributed by atoms with E-state index in [2.05, 4.69) is 10.4 Å². The fourth-order valence-electron chi connectivity index (χ4n) is 2.81. The second-order valence-electron chi connectivity index (χ2n) is 6.69. The third-order valence-electron chi connectivity index (χ3n) is 4.24. The van der Waals surface area contributed by atoms with Crippen molar-refractivity contribution < 1.29 is 4.79 Å². The second-order valence-corrected chi connectivity index (χ2v) is 6.69. The number of aromatic nitrogens is 2. The highest BCUT2D eigenvalue weighted by Crippen LogP contribution is 2.19. The van der Waals surface area contributed by atoms with Crippen molar-refractivity contribution in [3.8, 4) is 5.69 Å². The van der Waals surface area contributed by atoms with Crippen molar-refractivity contribution in [2.45, 2.75) is 26.3 Å². The zero-order valence-electron chi connectivity index (χ0n) is 15.1. The first-order chi connectivity index (χ1) is 12.4. The number of para-hydroxylation sites is 1. The number of carbonyl (C=O) groups is 1. The minimum atomic E-state index is -0.630. The smallest absolute Gasteiger partial charge is 0.276 e. The van der Waals surface area contributed by atoms with Gasteiger partial charge >= 0.3 is 0 Å². The molecule has 0 aliphatic heterocycles. The Morgan fingerprint density at radius 3 is 2.19 bits per heavy atom. The van der Waals surface area contributed by atoms with Crippen molar-refractivity contribution in [2.24, 2.45) is 0 Å². The van der Waals surface area contributed by atoms with E-state index in [-0.39, 0.29) is 5.69 Å². The molecule has 1 amide bonds. The number of nitrogens with one attached hydrogen (secondary N) is 1. The predicted octanol–water partition coefficient (Wildman–Crippen LogP) is 3.21. The fourth-order valence-corrected chi connectivity index (χ4v) is 2.81. The number of benzene rings is 2. The molecule has 0 aliphatic carbocycles. The quantitative estimate of drug-likeness (QED) is 0.788. The molecule has 0 atom stereocenters. The summed E-state index contributed by atoms with van der Waals surface area (Å²) in [6.07, 6.45) is 0. The number of aryl methyl sites for hydroxylation is 1. The summed E-state index contributed by atoms with van der Waals surface area (Å²) in [5.41, 5.74) is 1.26. The summed E-state index contributed by atoms with van der Waals surface area (Å²) in [4.78, 5) is 25.1. The molecule has 26 heavy (non-hydrogen) atoms. The Kier molecular flexibility index (Phi) is 4.71. The van der Waals surface area contributed by atoms with Gasteiger partial charge in [-0.2, -0.15) is 5.10 Å². The van der Waals surface area contributed by atoms with Gasteiger partial charge in [0.05, 0.1) is 11.2 Å². The lowest BCUT2D eigenvalue weighted by Gasteiger charge is -2.26. The zero-order valence-corrected chi connectivity index (χ0v) is 15.1. The molecule has 5 nitrogen and oxygen atoms in total. The van der Waals surface area contributed by atoms with Crippen LogP contribution in [0.1, 0.15) is 35.6 Å². The monoisotopic (exact) mass is 347 g/mol. The van der Waals surface area contributed by atoms with Crippen LogP contribution in [0.3, 0.4) is 0 Å². The summed E-state index contributed by atoms with van der Waals surface area (Å²) in [7, 11) is 0. The van der Waals surface area contributed by atoms with Gasteiger partial charge in [0, 0.05) is 11.8 Å². The van der Waals surface area contributed by atoms with Crippen LogP contribution < -0.4 is 10.7 Å². The molecule has 0 unspecified atom stereocenters. The van der Waals surface area contributed by atoms with Gasteiger partial charge in [-0.3, -0.25) is 9.59 Å². The molecule has 1 N–H and O–H groups in total. The van der Waals surface area contributed by atoms with E-state index in [0.717, 1.165) is 11.3 Å². The van der Waals surface area contributed by atoms with E-state index in [4.69, 9.17) is 0 Å². The highest BCUT2D eigenvalue weighted by molar-refractivity contribution is 5.92. The highest BCUT2D eigenvalue weighted by Gasteiger charge is 2.25. The maximum absolute atomic E-state index is 12.8. The SMILES string of the molecule is Cc1cc(=O)c(C(=O)NC(C)(C)c2ccccc2)nn1-c1ccccc1. The Balaban J connectivity index is 1.96. The predicted molar refractivity (Wildman–Crippen MR) is 102 cm³/mol. The Bertz CT molecular complexity index is 977. The number of nitrogens with zero attached hydrogens (tertiary/aromatic N) is 2. The molecule has 3 aromatic rings. The van der Waals surface area contributed by atoms with Crippen molar-refractivity contribution in [3.63, 3.8) is 0 Å². The van der Waals surface area contributed by atoms with Gasteiger partial charge in [0.1, 0.15) is 0 Å². The van der Waals surface area contributed by atoms with Crippen LogP contribution in [0.2, 0.25) is 0 Å². The molecule has 0 fully saturated rings. The molecule has 1 heterocycles. The molecule has 0 spiro atoms. The maximum atomic E-state index is 12.8. The zero-order chi connectivity index (χ0) is 18.7. The van der Waals surface area contributed by atoms with Gasteiger partial charge in [0.25, 0.3) is 5.91 Å². The molecule has 0 saturated carbocycles. The van der Waals surface area contributed by atoms with E-state index in [1.54, 1.807) is 11.6 Å². The summed E-state index contributed by atoms with van der Waals surface area (Å²) in [5, 5.41) is 7.23. The van der Waals surface area contributed by atoms with E-state index in [0.29, 0.717) is 5.69 Å². The highest BCUT2D eigenvalue weighted by atomic mass is 16.2. The van der Waals surface area contributed by atoms with Crippen molar-refractivity contribution in [3.05, 3.63) is 93.9 Å². The average molecular weight is 347 g/mol. The number of hydrogen-bond acceptors (Lipinski definition) is 3. The molecule has 1 aromatic heterocycles. The lowest BCUT2D eigenvalue weighted by molar-refractivity contribution is 0.0904. The third kappa shape index (κ3) is 3.57. The van der Waals surface area contributed by atoms with Crippen LogP contribution in [0.5, 0.6) is 0 Å². The lowest BCUT2D eigenvalue weighted by atomic mass is 9.94. The van der Waals surface area contributed by atoms with E-state index in [1.165, 1.54) is 6.07 Å². The molecular weight excluding hydrogens is 326 g/mol. The summed E-state index contributed by atoms with van der Waals surface area (Å²) >= 11 is 0. The Morgan fingerprint density at radius 2 is 1.58 bits per heavy atom. The first-order valence-corrected chi connectivity index (χ1v) is 8.43. The molecular formula is C21H21N3O2. The molecule has 5 heteroatoms. The van der Waals surface area contributed by atoms with E-state index in [1.807, 2.05) is 74.5 Å². The summed E-state index contributed by atoms with van der Waals surface area (Å²) in [6.45, 7) is 5.57. The Hall–Kier alpha value is -3.21. The fraction of sp³-hybridized carbons (Fsp3) is 0.190. The molecule has 132 valence electrons. The molecule has 0 radical (unpaired) electrons. The number of hydrogen-bond donors (Lipinski definition) is 1. The molecule has 2 aromatic carbocycles. The minimum absolute atomic E-state index is 0.122. The van der Waals surface area contributed by atoms with Crippen LogP contribution in [0.15, 0.2) is 71.5 Å². The lowest BCUT2D eigenvalue weighted by Crippen LogP contribution is -2.43. The number of amides is 1. The van der Waals surface area contributed by atoms with Crippen LogP contribution >= 0.6 is 0 Å². The first kappa shape index (κ1) is 17.6. The van der Waals surface area contributed by atoms with Crippen molar-refractivity contribution in [2.75, 3.05) is 0 Å². The van der Waals surface area contributed by atoms with Gasteiger partial charge in [0.15, 0.2) is 5.69 Å². The van der Waals surface area contributed by atoms with Crippen LogP contribution in [-0.2, 0) is 5.54 Å². The summed E-state index contributed by atoms with van der Waals surface area (Å²) in [6, 6.07) is 20.5. The molecule has 0 bridgehead atoms. The minimum Gasteiger partial charge on any atom is -0.342 e. The van der Waals surface area contributed by atoms with Crippen LogP contribution in [0.25, 0.3) is 5.69 Å². The number of carbonyl (C=O) groups excluding carboxylic acids is 1. The first-order valence-electron chi connectivity index (χ1n) is 8.43. The third-order valence-corrected chi connectivity index (χ3v) is 4.24. The van der Waals surface area contributed by atoms with Crippen molar-refractivity contribution in [1.82, 2.24) is 15.1 Å². The normalized spacial score (nSPS) is 11.2. The Labute approximate surface area is 152 Å². The maximum Gasteiger partial charge on any atom is 0.276 e. The summed E-state index contributed by atoms with van der Waals surface area (Å²) in [5.74, 6) is -0.492. The molecule has 0 aliphatic rings. The van der Waals surface area contributed by atoms with Gasteiger partial charge in [-0.25, -0.2) is 4.68 Å². The average Bonchev–Trinajstić information content (AvgIpc) is 2.63. The van der Waals surface area contributed by atoms with Gasteiger partial charge < -0.3 is 5.32 Å². The standard InChI is InChI=1S/C21H21N3O2/c1-15-14-18(25)19(23-24(15)17-12-8-5-9-13-17)20(26)22-21(2,3)16-10-6-4-7-11-16/h4-14H,1-3H3,(H,22,26). The van der Waals surface area contributed by atoms with Crippen LogP contribution in [-0.4, -0.2) is 15.7 Å². The van der Waals surface area contributed by atoms with E-state index in [9.17, 15) is 9.59 Å². The molecule has 0 saturated heterocycles. The molecule has 3 rings (SSSR count). The summed E-state index contributed by atoms with van der Waals surface area (Å²) < 4.78 is 1.60. The number of rotatable bonds is 4. The van der Waals surface area contributed by atoms with Gasteiger partial charge in [-0.15, -0.1) is 0 Å². The van der Waals surface area contributed by atoms with Gasteiger partial charge in [0.2, 0.25) is 5.43 Å².